The Morgan fingerprint density at radius 1 is 1.35 bits per heavy atom. The van der Waals surface area contributed by atoms with Crippen LogP contribution >= 0.6 is 0 Å². The smallest absolute Gasteiger partial charge is 0.277 e. The lowest BCUT2D eigenvalue weighted by molar-refractivity contribution is -0.385. The van der Waals surface area contributed by atoms with Gasteiger partial charge in [-0.05, 0) is 25.8 Å². The summed E-state index contributed by atoms with van der Waals surface area (Å²) >= 11 is 0. The van der Waals surface area contributed by atoms with Crippen LogP contribution in [-0.2, 0) is 6.42 Å². The zero-order chi connectivity index (χ0) is 14.5. The van der Waals surface area contributed by atoms with Crippen molar-refractivity contribution < 1.29 is 4.92 Å². The van der Waals surface area contributed by atoms with Crippen LogP contribution in [0.5, 0.6) is 0 Å². The van der Waals surface area contributed by atoms with Crippen molar-refractivity contribution in [3.63, 3.8) is 0 Å². The maximum atomic E-state index is 10.9. The van der Waals surface area contributed by atoms with E-state index in [1.54, 1.807) is 6.92 Å². The minimum Gasteiger partial charge on any atom is -0.367 e. The maximum absolute atomic E-state index is 10.9. The summed E-state index contributed by atoms with van der Waals surface area (Å²) in [6, 6.07) is 11.7. The lowest BCUT2D eigenvalue weighted by Crippen LogP contribution is -2.19. The van der Waals surface area contributed by atoms with Gasteiger partial charge in [-0.25, -0.2) is 4.98 Å². The SMILES string of the molecule is Cc1cnc(NC(C)Cc2ccccc2)cc1[N+](=O)[O-]. The number of aromatic nitrogens is 1. The average molecular weight is 271 g/mol. The largest absolute Gasteiger partial charge is 0.367 e. The van der Waals surface area contributed by atoms with E-state index in [4.69, 9.17) is 0 Å². The van der Waals surface area contributed by atoms with Crippen LogP contribution in [0, 0.1) is 17.0 Å². The number of nitrogens with one attached hydrogen (secondary N) is 1. The Hall–Kier alpha value is -2.43. The van der Waals surface area contributed by atoms with Crippen molar-refractivity contribution in [2.45, 2.75) is 26.3 Å². The van der Waals surface area contributed by atoms with Gasteiger partial charge in [-0.1, -0.05) is 30.3 Å². The summed E-state index contributed by atoms with van der Waals surface area (Å²) in [6.45, 7) is 3.71. The molecule has 0 aliphatic carbocycles. The third-order valence-corrected chi connectivity index (χ3v) is 3.05. The van der Waals surface area contributed by atoms with E-state index in [0.717, 1.165) is 6.42 Å². The lowest BCUT2D eigenvalue weighted by atomic mass is 10.1. The molecule has 1 unspecified atom stereocenters. The van der Waals surface area contributed by atoms with E-state index in [2.05, 4.69) is 22.4 Å². The molecule has 0 amide bonds. The van der Waals surface area contributed by atoms with Crippen molar-refractivity contribution in [3.05, 3.63) is 63.8 Å². The van der Waals surface area contributed by atoms with E-state index in [0.29, 0.717) is 11.4 Å². The molecule has 1 heterocycles. The molecule has 0 saturated carbocycles. The number of rotatable bonds is 5. The molecule has 0 spiro atoms. The highest BCUT2D eigenvalue weighted by molar-refractivity contribution is 5.49. The van der Waals surface area contributed by atoms with E-state index in [1.165, 1.54) is 17.8 Å². The number of hydrogen-bond donors (Lipinski definition) is 1. The van der Waals surface area contributed by atoms with Crippen LogP contribution in [-0.4, -0.2) is 15.9 Å². The summed E-state index contributed by atoms with van der Waals surface area (Å²) in [5.41, 5.74) is 1.87. The number of hydrogen-bond acceptors (Lipinski definition) is 4. The molecular formula is C15H17N3O2. The number of nitrogens with zero attached hydrogens (tertiary/aromatic N) is 2. The molecule has 104 valence electrons. The third-order valence-electron chi connectivity index (χ3n) is 3.05. The van der Waals surface area contributed by atoms with E-state index >= 15 is 0 Å². The predicted octanol–water partition coefficient (Wildman–Crippen LogP) is 3.34. The molecule has 2 rings (SSSR count). The van der Waals surface area contributed by atoms with Crippen LogP contribution in [0.4, 0.5) is 11.5 Å². The topological polar surface area (TPSA) is 68.1 Å². The molecule has 0 bridgehead atoms. The first-order valence-corrected chi connectivity index (χ1v) is 6.48. The van der Waals surface area contributed by atoms with Crippen LogP contribution in [0.3, 0.4) is 0 Å². The minimum atomic E-state index is -0.385. The first kappa shape index (κ1) is 14.0. The second-order valence-electron chi connectivity index (χ2n) is 4.85. The Morgan fingerprint density at radius 2 is 2.05 bits per heavy atom. The molecule has 0 radical (unpaired) electrons. The van der Waals surface area contributed by atoms with E-state index in [1.807, 2.05) is 25.1 Å². The Bertz CT molecular complexity index is 599. The highest BCUT2D eigenvalue weighted by atomic mass is 16.6. The monoisotopic (exact) mass is 271 g/mol. The van der Waals surface area contributed by atoms with Crippen LogP contribution in [0.1, 0.15) is 18.1 Å². The predicted molar refractivity (Wildman–Crippen MR) is 78.9 cm³/mol. The van der Waals surface area contributed by atoms with Crippen molar-refractivity contribution in [2.75, 3.05) is 5.32 Å². The molecule has 5 heteroatoms. The Morgan fingerprint density at radius 3 is 2.70 bits per heavy atom. The second-order valence-corrected chi connectivity index (χ2v) is 4.85. The number of pyridine rings is 1. The fourth-order valence-electron chi connectivity index (χ4n) is 2.06. The molecule has 1 N–H and O–H groups in total. The highest BCUT2D eigenvalue weighted by Gasteiger charge is 2.13. The molecule has 1 aromatic carbocycles. The lowest BCUT2D eigenvalue weighted by Gasteiger charge is -2.14. The minimum absolute atomic E-state index is 0.0920. The Balaban J connectivity index is 2.06. The van der Waals surface area contributed by atoms with Gasteiger partial charge in [-0.15, -0.1) is 0 Å². The van der Waals surface area contributed by atoms with Gasteiger partial charge in [-0.3, -0.25) is 10.1 Å². The quantitative estimate of drug-likeness (QED) is 0.669. The van der Waals surface area contributed by atoms with Gasteiger partial charge in [0.2, 0.25) is 0 Å². The van der Waals surface area contributed by atoms with Crippen molar-refractivity contribution in [2.24, 2.45) is 0 Å². The van der Waals surface area contributed by atoms with Gasteiger partial charge < -0.3 is 5.32 Å². The van der Waals surface area contributed by atoms with Gasteiger partial charge in [0.15, 0.2) is 0 Å². The standard InChI is InChI=1S/C15H17N3O2/c1-11-10-16-15(9-14(11)18(19)20)17-12(2)8-13-6-4-3-5-7-13/h3-7,9-10,12H,8H2,1-2H3,(H,16,17). The fraction of sp³-hybridized carbons (Fsp3) is 0.267. The first-order valence-electron chi connectivity index (χ1n) is 6.48. The summed E-state index contributed by atoms with van der Waals surface area (Å²) < 4.78 is 0. The van der Waals surface area contributed by atoms with Gasteiger partial charge in [0.05, 0.1) is 11.0 Å². The summed E-state index contributed by atoms with van der Waals surface area (Å²) in [4.78, 5) is 14.7. The van der Waals surface area contributed by atoms with Crippen LogP contribution in [0.2, 0.25) is 0 Å². The molecule has 1 atom stereocenters. The van der Waals surface area contributed by atoms with Crippen molar-refractivity contribution in [1.29, 1.82) is 0 Å². The molecule has 0 saturated heterocycles. The average Bonchev–Trinajstić information content (AvgIpc) is 2.41. The number of nitro groups is 1. The summed E-state index contributed by atoms with van der Waals surface area (Å²) in [5.74, 6) is 0.533. The Labute approximate surface area is 117 Å². The van der Waals surface area contributed by atoms with Crippen LogP contribution in [0.25, 0.3) is 0 Å². The molecule has 1 aromatic heterocycles. The number of aryl methyl sites for hydroxylation is 1. The molecule has 2 aromatic rings. The van der Waals surface area contributed by atoms with Crippen LogP contribution < -0.4 is 5.32 Å². The first-order chi connectivity index (χ1) is 9.56. The molecule has 5 nitrogen and oxygen atoms in total. The number of benzene rings is 1. The zero-order valence-electron chi connectivity index (χ0n) is 11.5. The van der Waals surface area contributed by atoms with E-state index in [-0.39, 0.29) is 16.7 Å². The second kappa shape index (κ2) is 6.14. The highest BCUT2D eigenvalue weighted by Crippen LogP contribution is 2.20. The van der Waals surface area contributed by atoms with E-state index < -0.39 is 0 Å². The van der Waals surface area contributed by atoms with Gasteiger partial charge >= 0.3 is 0 Å². The molecule has 0 fully saturated rings. The number of anilines is 1. The summed E-state index contributed by atoms with van der Waals surface area (Å²) in [6.07, 6.45) is 2.36. The normalized spacial score (nSPS) is 11.9. The van der Waals surface area contributed by atoms with Crippen molar-refractivity contribution >= 4 is 11.5 Å². The summed E-state index contributed by atoms with van der Waals surface area (Å²) in [7, 11) is 0. The van der Waals surface area contributed by atoms with E-state index in [9.17, 15) is 10.1 Å². The molecule has 20 heavy (non-hydrogen) atoms. The van der Waals surface area contributed by atoms with Gasteiger partial charge in [0.25, 0.3) is 5.69 Å². The molecule has 0 aliphatic heterocycles. The van der Waals surface area contributed by atoms with Gasteiger partial charge in [0.1, 0.15) is 5.82 Å². The summed E-state index contributed by atoms with van der Waals surface area (Å²) in [5, 5.41) is 14.1. The van der Waals surface area contributed by atoms with Crippen molar-refractivity contribution in [3.8, 4) is 0 Å². The molecule has 0 aliphatic rings. The third kappa shape index (κ3) is 3.54. The Kier molecular flexibility index (Phi) is 4.30. The molecular weight excluding hydrogens is 254 g/mol. The zero-order valence-corrected chi connectivity index (χ0v) is 11.5. The van der Waals surface area contributed by atoms with Gasteiger partial charge in [0, 0.05) is 17.8 Å². The fourth-order valence-corrected chi connectivity index (χ4v) is 2.06. The maximum Gasteiger partial charge on any atom is 0.277 e. The van der Waals surface area contributed by atoms with Gasteiger partial charge in [-0.2, -0.15) is 0 Å². The van der Waals surface area contributed by atoms with Crippen LogP contribution in [0.15, 0.2) is 42.6 Å². The van der Waals surface area contributed by atoms with Crippen molar-refractivity contribution in [1.82, 2.24) is 4.98 Å².